The first-order valence-electron chi connectivity index (χ1n) is 5.28. The number of fused-ring (bicyclic) bond motifs is 2. The van der Waals surface area contributed by atoms with Gasteiger partial charge in [0.05, 0.1) is 17.6 Å². The van der Waals surface area contributed by atoms with Crippen LogP contribution >= 0.6 is 0 Å². The van der Waals surface area contributed by atoms with Gasteiger partial charge in [-0.15, -0.1) is 0 Å². The standard InChI is InChI=1S/C12H13N3/c1-2-8-3-4-10-9(5-8)6-11-12(14-10)7-13-15-11/h3-5,7,14H,2,6H2,1H3,(H,13,15). The number of benzene rings is 1. The van der Waals surface area contributed by atoms with Gasteiger partial charge in [0.25, 0.3) is 0 Å². The molecule has 0 unspecified atom stereocenters. The number of aromatic amines is 1. The largest absolute Gasteiger partial charge is 0.352 e. The van der Waals surface area contributed by atoms with Gasteiger partial charge < -0.3 is 5.32 Å². The lowest BCUT2D eigenvalue weighted by Gasteiger charge is -2.18. The minimum absolute atomic E-state index is 0.950. The van der Waals surface area contributed by atoms with Gasteiger partial charge in [-0.25, -0.2) is 0 Å². The number of rotatable bonds is 1. The van der Waals surface area contributed by atoms with Crippen LogP contribution in [0.3, 0.4) is 0 Å². The van der Waals surface area contributed by atoms with Crippen LogP contribution in [0.4, 0.5) is 11.4 Å². The maximum Gasteiger partial charge on any atom is 0.0804 e. The minimum Gasteiger partial charge on any atom is -0.352 e. The monoisotopic (exact) mass is 199 g/mol. The molecule has 0 fully saturated rings. The van der Waals surface area contributed by atoms with Crippen LogP contribution < -0.4 is 5.32 Å². The molecule has 0 spiro atoms. The second-order valence-corrected chi connectivity index (χ2v) is 3.91. The summed E-state index contributed by atoms with van der Waals surface area (Å²) in [5, 5.41) is 10.4. The van der Waals surface area contributed by atoms with E-state index in [4.69, 9.17) is 0 Å². The molecule has 3 heteroatoms. The molecule has 0 radical (unpaired) electrons. The molecule has 0 saturated carbocycles. The summed E-state index contributed by atoms with van der Waals surface area (Å²) in [5.74, 6) is 0. The zero-order valence-corrected chi connectivity index (χ0v) is 8.67. The molecule has 3 nitrogen and oxygen atoms in total. The summed E-state index contributed by atoms with van der Waals surface area (Å²) < 4.78 is 0. The Morgan fingerprint density at radius 3 is 3.13 bits per heavy atom. The number of nitrogens with one attached hydrogen (secondary N) is 2. The van der Waals surface area contributed by atoms with E-state index in [2.05, 4.69) is 40.6 Å². The SMILES string of the molecule is CCc1ccc2c(c1)Cc1[nH]ncc1N2. The maximum atomic E-state index is 4.04. The van der Waals surface area contributed by atoms with Crippen molar-refractivity contribution in [1.29, 1.82) is 0 Å². The molecule has 2 aromatic rings. The summed E-state index contributed by atoms with van der Waals surface area (Å²) in [4.78, 5) is 0. The smallest absolute Gasteiger partial charge is 0.0804 e. The summed E-state index contributed by atoms with van der Waals surface area (Å²) in [6.45, 7) is 2.18. The van der Waals surface area contributed by atoms with Crippen molar-refractivity contribution in [3.05, 3.63) is 41.2 Å². The van der Waals surface area contributed by atoms with Gasteiger partial charge in [-0.1, -0.05) is 19.1 Å². The van der Waals surface area contributed by atoms with Crippen molar-refractivity contribution < 1.29 is 0 Å². The molecule has 76 valence electrons. The molecule has 0 amide bonds. The van der Waals surface area contributed by atoms with Crippen LogP contribution in [0.15, 0.2) is 24.4 Å². The molecule has 2 N–H and O–H groups in total. The third-order valence-electron chi connectivity index (χ3n) is 2.93. The Morgan fingerprint density at radius 1 is 1.33 bits per heavy atom. The van der Waals surface area contributed by atoms with E-state index in [1.165, 1.54) is 22.5 Å². The molecule has 1 aliphatic heterocycles. The first-order valence-corrected chi connectivity index (χ1v) is 5.28. The molecular formula is C12H13N3. The number of nitrogens with zero attached hydrogens (tertiary/aromatic N) is 1. The van der Waals surface area contributed by atoms with Gasteiger partial charge in [-0.2, -0.15) is 5.10 Å². The predicted molar refractivity (Wildman–Crippen MR) is 60.5 cm³/mol. The molecular weight excluding hydrogens is 186 g/mol. The summed E-state index contributed by atoms with van der Waals surface area (Å²) >= 11 is 0. The molecule has 0 saturated heterocycles. The molecule has 1 aromatic heterocycles. The maximum absolute atomic E-state index is 4.04. The highest BCUT2D eigenvalue weighted by Crippen LogP contribution is 2.31. The number of H-pyrrole nitrogens is 1. The van der Waals surface area contributed by atoms with E-state index in [1.54, 1.807) is 0 Å². The van der Waals surface area contributed by atoms with E-state index in [-0.39, 0.29) is 0 Å². The van der Waals surface area contributed by atoms with Crippen LogP contribution in [-0.2, 0) is 12.8 Å². The van der Waals surface area contributed by atoms with Crippen LogP contribution in [0.5, 0.6) is 0 Å². The van der Waals surface area contributed by atoms with Crippen LogP contribution in [0.25, 0.3) is 0 Å². The van der Waals surface area contributed by atoms with Crippen LogP contribution in [0.2, 0.25) is 0 Å². The number of hydrogen-bond donors (Lipinski definition) is 2. The molecule has 1 aromatic carbocycles. The summed E-state index contributed by atoms with van der Waals surface area (Å²) in [5.41, 5.74) is 6.23. The van der Waals surface area contributed by atoms with Gasteiger partial charge in [-0.05, 0) is 23.6 Å². The highest BCUT2D eigenvalue weighted by Gasteiger charge is 2.15. The lowest BCUT2D eigenvalue weighted by atomic mass is 9.99. The summed E-state index contributed by atoms with van der Waals surface area (Å²) in [6, 6.07) is 6.60. The van der Waals surface area contributed by atoms with E-state index < -0.39 is 0 Å². The third-order valence-corrected chi connectivity index (χ3v) is 2.93. The van der Waals surface area contributed by atoms with Gasteiger partial charge >= 0.3 is 0 Å². The van der Waals surface area contributed by atoms with Crippen LogP contribution in [0.1, 0.15) is 23.7 Å². The van der Waals surface area contributed by atoms with E-state index in [1.807, 2.05) is 6.20 Å². The number of anilines is 2. The van der Waals surface area contributed by atoms with Gasteiger partial charge in [-0.3, -0.25) is 5.10 Å². The summed E-state index contributed by atoms with van der Waals surface area (Å²) in [6.07, 6.45) is 3.88. The lowest BCUT2D eigenvalue weighted by Crippen LogP contribution is -2.06. The number of hydrogen-bond acceptors (Lipinski definition) is 2. The van der Waals surface area contributed by atoms with E-state index >= 15 is 0 Å². The van der Waals surface area contributed by atoms with E-state index in [9.17, 15) is 0 Å². The fraction of sp³-hybridized carbons (Fsp3) is 0.250. The first kappa shape index (κ1) is 8.53. The minimum atomic E-state index is 0.950. The van der Waals surface area contributed by atoms with E-state index in [0.29, 0.717) is 0 Å². The average Bonchev–Trinajstić information content (AvgIpc) is 2.72. The van der Waals surface area contributed by atoms with Crippen molar-refractivity contribution in [3.63, 3.8) is 0 Å². The molecule has 0 atom stereocenters. The predicted octanol–water partition coefficient (Wildman–Crippen LogP) is 2.62. The third kappa shape index (κ3) is 1.31. The van der Waals surface area contributed by atoms with Crippen molar-refractivity contribution in [1.82, 2.24) is 10.2 Å². The molecule has 0 bridgehead atoms. The molecule has 2 heterocycles. The first-order chi connectivity index (χ1) is 7.36. The second kappa shape index (κ2) is 3.12. The quantitative estimate of drug-likeness (QED) is 0.632. The van der Waals surface area contributed by atoms with Crippen molar-refractivity contribution in [2.24, 2.45) is 0 Å². The second-order valence-electron chi connectivity index (χ2n) is 3.91. The lowest BCUT2D eigenvalue weighted by molar-refractivity contribution is 0.987. The molecule has 0 aliphatic carbocycles. The zero-order chi connectivity index (χ0) is 10.3. The highest BCUT2D eigenvalue weighted by molar-refractivity contribution is 5.70. The fourth-order valence-corrected chi connectivity index (χ4v) is 2.03. The van der Waals surface area contributed by atoms with Crippen LogP contribution in [-0.4, -0.2) is 10.2 Å². The number of aromatic nitrogens is 2. The van der Waals surface area contributed by atoms with Gasteiger partial charge in [0.15, 0.2) is 0 Å². The molecule has 3 rings (SSSR count). The highest BCUT2D eigenvalue weighted by atomic mass is 15.1. The Kier molecular flexibility index (Phi) is 1.78. The van der Waals surface area contributed by atoms with Crippen LogP contribution in [0, 0.1) is 0 Å². The average molecular weight is 199 g/mol. The zero-order valence-electron chi connectivity index (χ0n) is 8.67. The Labute approximate surface area is 88.5 Å². The van der Waals surface area contributed by atoms with E-state index in [0.717, 1.165) is 18.5 Å². The fourth-order valence-electron chi connectivity index (χ4n) is 2.03. The Morgan fingerprint density at radius 2 is 2.27 bits per heavy atom. The Balaban J connectivity index is 2.06. The van der Waals surface area contributed by atoms with Gasteiger partial charge in [0.1, 0.15) is 0 Å². The van der Waals surface area contributed by atoms with Gasteiger partial charge in [0, 0.05) is 12.1 Å². The molecule has 1 aliphatic rings. The number of aryl methyl sites for hydroxylation is 1. The normalized spacial score (nSPS) is 12.9. The van der Waals surface area contributed by atoms with Gasteiger partial charge in [0.2, 0.25) is 0 Å². The summed E-state index contributed by atoms with van der Waals surface area (Å²) in [7, 11) is 0. The molecule has 15 heavy (non-hydrogen) atoms. The van der Waals surface area contributed by atoms with Crippen molar-refractivity contribution in [2.75, 3.05) is 5.32 Å². The van der Waals surface area contributed by atoms with Crippen molar-refractivity contribution in [3.8, 4) is 0 Å². The Hall–Kier alpha value is -1.77. The Bertz CT molecular complexity index is 499. The topological polar surface area (TPSA) is 40.7 Å². The van der Waals surface area contributed by atoms with Crippen molar-refractivity contribution >= 4 is 11.4 Å². The van der Waals surface area contributed by atoms with Crippen molar-refractivity contribution in [2.45, 2.75) is 19.8 Å².